The van der Waals surface area contributed by atoms with Crippen LogP contribution in [0.15, 0.2) is 91.0 Å². The van der Waals surface area contributed by atoms with Crippen molar-refractivity contribution in [3.63, 3.8) is 0 Å². The maximum Gasteiger partial charge on any atom is 0.242 e. The Balaban J connectivity index is 1.87. The summed E-state index contributed by atoms with van der Waals surface area (Å²) < 4.78 is 0. The van der Waals surface area contributed by atoms with E-state index in [0.717, 1.165) is 16.7 Å². The summed E-state index contributed by atoms with van der Waals surface area (Å²) in [5.74, 6) is 0.108. The van der Waals surface area contributed by atoms with E-state index >= 15 is 0 Å². The molecule has 1 atom stereocenters. The molecule has 33 heavy (non-hydrogen) atoms. The van der Waals surface area contributed by atoms with Crippen molar-refractivity contribution in [2.75, 3.05) is 6.54 Å². The third-order valence-electron chi connectivity index (χ3n) is 5.83. The van der Waals surface area contributed by atoms with E-state index in [-0.39, 0.29) is 17.7 Å². The van der Waals surface area contributed by atoms with Gasteiger partial charge in [-0.25, -0.2) is 0 Å². The van der Waals surface area contributed by atoms with Gasteiger partial charge < -0.3 is 10.2 Å². The molecule has 0 fully saturated rings. The Bertz CT molecular complexity index is 964. The van der Waals surface area contributed by atoms with E-state index in [9.17, 15) is 9.59 Å². The standard InChI is InChI=1S/C29H34N2O2/c1-22(2)20-30-29(33)23(3)31(21-24-13-7-4-8-14-24)28(32)19-27(25-15-9-5-10-16-25)26-17-11-6-12-18-26/h4-18,22-23,27H,19-21H2,1-3H3,(H,30,33)/t23-/m0/s1. The molecule has 0 unspecified atom stereocenters. The highest BCUT2D eigenvalue weighted by Gasteiger charge is 2.29. The minimum Gasteiger partial charge on any atom is -0.354 e. The van der Waals surface area contributed by atoms with Crippen LogP contribution < -0.4 is 5.32 Å². The van der Waals surface area contributed by atoms with Gasteiger partial charge in [-0.15, -0.1) is 0 Å². The van der Waals surface area contributed by atoms with Gasteiger partial charge in [-0.2, -0.15) is 0 Å². The van der Waals surface area contributed by atoms with Crippen LogP contribution in [0.2, 0.25) is 0 Å². The summed E-state index contributed by atoms with van der Waals surface area (Å²) in [6.45, 7) is 6.92. The molecule has 172 valence electrons. The molecule has 2 amide bonds. The minimum atomic E-state index is -0.566. The number of amides is 2. The van der Waals surface area contributed by atoms with Gasteiger partial charge in [-0.3, -0.25) is 9.59 Å². The van der Waals surface area contributed by atoms with Crippen LogP contribution >= 0.6 is 0 Å². The molecule has 0 saturated heterocycles. The van der Waals surface area contributed by atoms with Crippen molar-refractivity contribution in [2.24, 2.45) is 5.92 Å². The number of benzene rings is 3. The van der Waals surface area contributed by atoms with Crippen LogP contribution in [-0.4, -0.2) is 29.3 Å². The van der Waals surface area contributed by atoms with Crippen molar-refractivity contribution in [3.05, 3.63) is 108 Å². The lowest BCUT2D eigenvalue weighted by Crippen LogP contribution is -2.48. The number of carbonyl (C=O) groups excluding carboxylic acids is 2. The number of hydrogen-bond acceptors (Lipinski definition) is 2. The maximum absolute atomic E-state index is 13.7. The number of carbonyl (C=O) groups is 2. The molecular weight excluding hydrogens is 408 g/mol. The average Bonchev–Trinajstić information content (AvgIpc) is 2.85. The quantitative estimate of drug-likeness (QED) is 0.457. The molecule has 0 bridgehead atoms. The molecular formula is C29H34N2O2. The van der Waals surface area contributed by atoms with Gasteiger partial charge >= 0.3 is 0 Å². The van der Waals surface area contributed by atoms with E-state index in [1.54, 1.807) is 4.90 Å². The van der Waals surface area contributed by atoms with Crippen molar-refractivity contribution in [1.82, 2.24) is 10.2 Å². The summed E-state index contributed by atoms with van der Waals surface area (Å²) in [7, 11) is 0. The van der Waals surface area contributed by atoms with Crippen LogP contribution in [0.1, 0.15) is 49.8 Å². The zero-order chi connectivity index (χ0) is 23.6. The van der Waals surface area contributed by atoms with Crippen molar-refractivity contribution in [2.45, 2.75) is 45.7 Å². The molecule has 0 radical (unpaired) electrons. The van der Waals surface area contributed by atoms with E-state index in [1.807, 2.05) is 73.7 Å². The molecule has 3 aromatic carbocycles. The van der Waals surface area contributed by atoms with E-state index in [4.69, 9.17) is 0 Å². The molecule has 0 aliphatic carbocycles. The fraction of sp³-hybridized carbons (Fsp3) is 0.310. The van der Waals surface area contributed by atoms with Crippen LogP contribution in [-0.2, 0) is 16.1 Å². The lowest BCUT2D eigenvalue weighted by atomic mass is 9.88. The second kappa shape index (κ2) is 12.0. The lowest BCUT2D eigenvalue weighted by molar-refractivity contribution is -0.140. The monoisotopic (exact) mass is 442 g/mol. The molecule has 3 aromatic rings. The normalized spacial score (nSPS) is 11.9. The first-order valence-electron chi connectivity index (χ1n) is 11.7. The Kier molecular flexibility index (Phi) is 8.82. The smallest absolute Gasteiger partial charge is 0.242 e. The number of rotatable bonds is 10. The Morgan fingerprint density at radius 3 is 1.73 bits per heavy atom. The number of nitrogens with zero attached hydrogens (tertiary/aromatic N) is 1. The van der Waals surface area contributed by atoms with Gasteiger partial charge in [0.1, 0.15) is 6.04 Å². The predicted octanol–water partition coefficient (Wildman–Crippen LogP) is 5.40. The predicted molar refractivity (Wildman–Crippen MR) is 134 cm³/mol. The van der Waals surface area contributed by atoms with Gasteiger partial charge in [0.2, 0.25) is 11.8 Å². The van der Waals surface area contributed by atoms with Crippen molar-refractivity contribution in [3.8, 4) is 0 Å². The zero-order valence-corrected chi connectivity index (χ0v) is 19.8. The number of hydrogen-bond donors (Lipinski definition) is 1. The average molecular weight is 443 g/mol. The molecule has 0 aliphatic rings. The SMILES string of the molecule is CC(C)CNC(=O)[C@H](C)N(Cc1ccccc1)C(=O)CC(c1ccccc1)c1ccccc1. The third-order valence-corrected chi connectivity index (χ3v) is 5.83. The van der Waals surface area contributed by atoms with Crippen LogP contribution in [0.3, 0.4) is 0 Å². The largest absolute Gasteiger partial charge is 0.354 e. The lowest BCUT2D eigenvalue weighted by Gasteiger charge is -2.31. The van der Waals surface area contributed by atoms with E-state index in [2.05, 4.69) is 43.4 Å². The molecule has 0 heterocycles. The fourth-order valence-electron chi connectivity index (χ4n) is 3.91. The summed E-state index contributed by atoms with van der Waals surface area (Å²) in [4.78, 5) is 28.4. The van der Waals surface area contributed by atoms with Crippen LogP contribution in [0, 0.1) is 5.92 Å². The molecule has 0 aromatic heterocycles. The van der Waals surface area contributed by atoms with Gasteiger partial charge in [0.15, 0.2) is 0 Å². The first-order valence-corrected chi connectivity index (χ1v) is 11.7. The highest BCUT2D eigenvalue weighted by atomic mass is 16.2. The summed E-state index contributed by atoms with van der Waals surface area (Å²) in [5, 5.41) is 2.99. The van der Waals surface area contributed by atoms with E-state index in [1.165, 1.54) is 0 Å². The molecule has 1 N–H and O–H groups in total. The maximum atomic E-state index is 13.7. The van der Waals surface area contributed by atoms with Gasteiger partial charge in [0.05, 0.1) is 0 Å². The van der Waals surface area contributed by atoms with Crippen LogP contribution in [0.5, 0.6) is 0 Å². The topological polar surface area (TPSA) is 49.4 Å². The summed E-state index contributed by atoms with van der Waals surface area (Å²) in [6, 6.07) is 29.5. The molecule has 4 nitrogen and oxygen atoms in total. The molecule has 0 saturated carbocycles. The Labute approximate surface area is 197 Å². The zero-order valence-electron chi connectivity index (χ0n) is 19.8. The number of nitrogens with one attached hydrogen (secondary N) is 1. The Morgan fingerprint density at radius 1 is 0.758 bits per heavy atom. The van der Waals surface area contributed by atoms with E-state index < -0.39 is 6.04 Å². The Morgan fingerprint density at radius 2 is 1.24 bits per heavy atom. The van der Waals surface area contributed by atoms with Crippen LogP contribution in [0.4, 0.5) is 0 Å². The van der Waals surface area contributed by atoms with Gasteiger partial charge in [-0.1, -0.05) is 105 Å². The molecule has 4 heteroatoms. The van der Waals surface area contributed by atoms with Gasteiger partial charge in [-0.05, 0) is 29.5 Å². The summed E-state index contributed by atoms with van der Waals surface area (Å²) >= 11 is 0. The molecule has 0 spiro atoms. The highest BCUT2D eigenvalue weighted by molar-refractivity contribution is 5.87. The summed E-state index contributed by atoms with van der Waals surface area (Å²) in [5.41, 5.74) is 3.19. The van der Waals surface area contributed by atoms with Crippen molar-refractivity contribution >= 4 is 11.8 Å². The van der Waals surface area contributed by atoms with Gasteiger partial charge in [0.25, 0.3) is 0 Å². The van der Waals surface area contributed by atoms with Crippen LogP contribution in [0.25, 0.3) is 0 Å². The first kappa shape index (κ1) is 24.2. The minimum absolute atomic E-state index is 0.0382. The molecule has 0 aliphatic heterocycles. The Hall–Kier alpha value is -3.40. The van der Waals surface area contributed by atoms with Crippen molar-refractivity contribution in [1.29, 1.82) is 0 Å². The van der Waals surface area contributed by atoms with Gasteiger partial charge in [0, 0.05) is 25.4 Å². The fourth-order valence-corrected chi connectivity index (χ4v) is 3.91. The van der Waals surface area contributed by atoms with E-state index in [0.29, 0.717) is 25.4 Å². The van der Waals surface area contributed by atoms with Crippen molar-refractivity contribution < 1.29 is 9.59 Å². The highest BCUT2D eigenvalue weighted by Crippen LogP contribution is 2.29. The third kappa shape index (κ3) is 7.04. The first-order chi connectivity index (χ1) is 16.0. The molecule has 3 rings (SSSR count). The second-order valence-corrected chi connectivity index (χ2v) is 8.90. The summed E-state index contributed by atoms with van der Waals surface area (Å²) in [6.07, 6.45) is 0.294. The second-order valence-electron chi connectivity index (χ2n) is 8.90.